The van der Waals surface area contributed by atoms with Gasteiger partial charge in [-0.3, -0.25) is 4.79 Å². The minimum Gasteiger partial charge on any atom is -0.496 e. The van der Waals surface area contributed by atoms with E-state index in [-0.39, 0.29) is 18.4 Å². The number of benzene rings is 2. The zero-order valence-electron chi connectivity index (χ0n) is 13.5. The molecule has 24 heavy (non-hydrogen) atoms. The minimum atomic E-state index is -1.05. The van der Waals surface area contributed by atoms with Gasteiger partial charge in [-0.05, 0) is 42.5 Å². The topological polar surface area (TPSA) is 58.6 Å². The van der Waals surface area contributed by atoms with Crippen LogP contribution in [0.1, 0.15) is 28.8 Å². The van der Waals surface area contributed by atoms with E-state index < -0.39 is 5.60 Å². The third-order valence-electron chi connectivity index (χ3n) is 4.45. The highest BCUT2D eigenvalue weighted by Crippen LogP contribution is 2.45. The van der Waals surface area contributed by atoms with Crippen molar-refractivity contribution >= 4 is 17.5 Å². The van der Waals surface area contributed by atoms with Crippen LogP contribution in [-0.4, -0.2) is 24.7 Å². The molecule has 0 heterocycles. The first kappa shape index (κ1) is 16.8. The molecule has 0 unspecified atom stereocenters. The lowest BCUT2D eigenvalue weighted by Gasteiger charge is -2.29. The van der Waals surface area contributed by atoms with Gasteiger partial charge in [0.05, 0.1) is 19.2 Å². The lowest BCUT2D eigenvalue weighted by molar-refractivity contribution is 0.0135. The fourth-order valence-electron chi connectivity index (χ4n) is 2.94. The number of methoxy groups -OCH3 is 1. The zero-order valence-corrected chi connectivity index (χ0v) is 14.2. The minimum absolute atomic E-state index is 0.149. The number of carbonyl (C=O) groups is 1. The Balaban J connectivity index is 1.78. The number of carbonyl (C=O) groups excluding carboxylic acids is 1. The highest BCUT2D eigenvalue weighted by Gasteiger charge is 2.45. The Labute approximate surface area is 146 Å². The summed E-state index contributed by atoms with van der Waals surface area (Å²) in [6.07, 6.45) is 1.92. The number of rotatable bonds is 6. The smallest absolute Gasteiger partial charge is 0.255 e. The van der Waals surface area contributed by atoms with Crippen LogP contribution in [0.25, 0.3) is 0 Å². The number of hydrogen-bond donors (Lipinski definition) is 2. The van der Waals surface area contributed by atoms with Crippen molar-refractivity contribution in [2.24, 2.45) is 5.92 Å². The van der Waals surface area contributed by atoms with Gasteiger partial charge in [-0.25, -0.2) is 0 Å². The second-order valence-corrected chi connectivity index (χ2v) is 6.53. The fourth-order valence-corrected chi connectivity index (χ4v) is 3.11. The molecule has 2 aromatic rings. The molecule has 0 saturated heterocycles. The largest absolute Gasteiger partial charge is 0.496 e. The van der Waals surface area contributed by atoms with E-state index in [1.165, 1.54) is 7.11 Å². The zero-order chi connectivity index (χ0) is 17.2. The lowest BCUT2D eigenvalue weighted by atomic mass is 9.88. The highest BCUT2D eigenvalue weighted by atomic mass is 35.5. The molecular weight excluding hydrogens is 326 g/mol. The van der Waals surface area contributed by atoms with Crippen molar-refractivity contribution in [1.29, 1.82) is 0 Å². The van der Waals surface area contributed by atoms with E-state index in [0.717, 1.165) is 18.4 Å². The molecule has 0 aliphatic heterocycles. The molecule has 0 aromatic heterocycles. The molecular formula is C19H20ClNO3. The van der Waals surface area contributed by atoms with E-state index in [9.17, 15) is 9.90 Å². The summed E-state index contributed by atoms with van der Waals surface area (Å²) >= 11 is 5.98. The molecule has 5 heteroatoms. The van der Waals surface area contributed by atoms with Gasteiger partial charge in [-0.1, -0.05) is 41.9 Å². The normalized spacial score (nSPS) is 16.3. The Morgan fingerprint density at radius 2 is 2.00 bits per heavy atom. The van der Waals surface area contributed by atoms with Crippen LogP contribution in [0.2, 0.25) is 5.02 Å². The maximum Gasteiger partial charge on any atom is 0.255 e. The third-order valence-corrected chi connectivity index (χ3v) is 4.69. The molecule has 2 aromatic carbocycles. The first-order valence-corrected chi connectivity index (χ1v) is 8.32. The van der Waals surface area contributed by atoms with Crippen LogP contribution in [0, 0.1) is 5.92 Å². The van der Waals surface area contributed by atoms with Gasteiger partial charge in [0.25, 0.3) is 5.91 Å². The van der Waals surface area contributed by atoms with Gasteiger partial charge in [-0.2, -0.15) is 0 Å². The summed E-state index contributed by atoms with van der Waals surface area (Å²) < 4.78 is 5.22. The second kappa shape index (κ2) is 6.83. The quantitative estimate of drug-likeness (QED) is 0.843. The SMILES string of the molecule is COc1ccc(Cl)cc1C(=O)NC[C@@](O)(c1ccccc1)C1CC1. The maximum atomic E-state index is 12.5. The Morgan fingerprint density at radius 1 is 1.29 bits per heavy atom. The van der Waals surface area contributed by atoms with Gasteiger partial charge in [0, 0.05) is 5.02 Å². The monoisotopic (exact) mass is 345 g/mol. The van der Waals surface area contributed by atoms with Crippen molar-refractivity contribution in [1.82, 2.24) is 5.32 Å². The van der Waals surface area contributed by atoms with Crippen molar-refractivity contribution in [3.05, 3.63) is 64.7 Å². The molecule has 1 fully saturated rings. The summed E-state index contributed by atoms with van der Waals surface area (Å²) in [6, 6.07) is 14.4. The summed E-state index contributed by atoms with van der Waals surface area (Å²) in [7, 11) is 1.50. The third kappa shape index (κ3) is 3.40. The van der Waals surface area contributed by atoms with E-state index >= 15 is 0 Å². The average molecular weight is 346 g/mol. The van der Waals surface area contributed by atoms with Crippen molar-refractivity contribution in [2.75, 3.05) is 13.7 Å². The fraction of sp³-hybridized carbons (Fsp3) is 0.316. The van der Waals surface area contributed by atoms with Crippen LogP contribution in [-0.2, 0) is 5.60 Å². The number of halogens is 1. The van der Waals surface area contributed by atoms with E-state index in [4.69, 9.17) is 16.3 Å². The molecule has 1 atom stereocenters. The van der Waals surface area contributed by atoms with Crippen LogP contribution in [0.4, 0.5) is 0 Å². The molecule has 4 nitrogen and oxygen atoms in total. The Bertz CT molecular complexity index is 731. The average Bonchev–Trinajstić information content (AvgIpc) is 3.45. The Kier molecular flexibility index (Phi) is 4.78. The standard InChI is InChI=1S/C19H20ClNO3/c1-24-17-10-9-15(20)11-16(17)18(22)21-12-19(23,14-7-8-14)13-5-3-2-4-6-13/h2-6,9-11,14,23H,7-8,12H2,1H3,(H,21,22)/t19-/m1/s1. The van der Waals surface area contributed by atoms with E-state index in [1.54, 1.807) is 18.2 Å². The van der Waals surface area contributed by atoms with Crippen molar-refractivity contribution in [2.45, 2.75) is 18.4 Å². The van der Waals surface area contributed by atoms with Crippen LogP contribution < -0.4 is 10.1 Å². The number of aliphatic hydroxyl groups is 1. The van der Waals surface area contributed by atoms with Crippen molar-refractivity contribution in [3.8, 4) is 5.75 Å². The van der Waals surface area contributed by atoms with Crippen LogP contribution >= 0.6 is 11.6 Å². The number of amides is 1. The molecule has 3 rings (SSSR count). The number of ether oxygens (including phenoxy) is 1. The maximum absolute atomic E-state index is 12.5. The molecule has 126 valence electrons. The molecule has 1 aliphatic carbocycles. The molecule has 0 radical (unpaired) electrons. The van der Waals surface area contributed by atoms with Crippen LogP contribution in [0.5, 0.6) is 5.75 Å². The van der Waals surface area contributed by atoms with Crippen molar-refractivity contribution in [3.63, 3.8) is 0 Å². The van der Waals surface area contributed by atoms with Crippen molar-refractivity contribution < 1.29 is 14.6 Å². The van der Waals surface area contributed by atoms with Gasteiger partial charge in [0.15, 0.2) is 0 Å². The number of hydrogen-bond acceptors (Lipinski definition) is 3. The molecule has 0 bridgehead atoms. The van der Waals surface area contributed by atoms with Gasteiger partial charge in [0.2, 0.25) is 0 Å². The predicted molar refractivity (Wildman–Crippen MR) is 93.4 cm³/mol. The lowest BCUT2D eigenvalue weighted by Crippen LogP contribution is -2.42. The summed E-state index contributed by atoms with van der Waals surface area (Å²) in [4.78, 5) is 12.5. The second-order valence-electron chi connectivity index (χ2n) is 6.09. The Hall–Kier alpha value is -2.04. The Morgan fingerprint density at radius 3 is 2.62 bits per heavy atom. The van der Waals surface area contributed by atoms with Gasteiger partial charge < -0.3 is 15.2 Å². The molecule has 1 aliphatic rings. The highest BCUT2D eigenvalue weighted by molar-refractivity contribution is 6.31. The van der Waals surface area contributed by atoms with E-state index in [2.05, 4.69) is 5.32 Å². The predicted octanol–water partition coefficient (Wildman–Crippen LogP) is 3.38. The molecule has 2 N–H and O–H groups in total. The van der Waals surface area contributed by atoms with Gasteiger partial charge in [0.1, 0.15) is 11.4 Å². The van der Waals surface area contributed by atoms with E-state index in [0.29, 0.717) is 16.3 Å². The number of nitrogens with one attached hydrogen (secondary N) is 1. The molecule has 1 saturated carbocycles. The van der Waals surface area contributed by atoms with Crippen LogP contribution in [0.3, 0.4) is 0 Å². The molecule has 1 amide bonds. The summed E-state index contributed by atoms with van der Waals surface area (Å²) in [6.45, 7) is 0.149. The summed E-state index contributed by atoms with van der Waals surface area (Å²) in [5.41, 5.74) is 0.130. The van der Waals surface area contributed by atoms with Crippen LogP contribution in [0.15, 0.2) is 48.5 Å². The summed E-state index contributed by atoms with van der Waals surface area (Å²) in [5.74, 6) is 0.303. The van der Waals surface area contributed by atoms with Gasteiger partial charge in [-0.15, -0.1) is 0 Å². The van der Waals surface area contributed by atoms with Gasteiger partial charge >= 0.3 is 0 Å². The molecule has 0 spiro atoms. The summed E-state index contributed by atoms with van der Waals surface area (Å²) in [5, 5.41) is 14.4. The first-order chi connectivity index (χ1) is 11.5. The first-order valence-electron chi connectivity index (χ1n) is 7.94. The van der Waals surface area contributed by atoms with E-state index in [1.807, 2.05) is 30.3 Å².